The van der Waals surface area contributed by atoms with Crippen molar-refractivity contribution in [3.63, 3.8) is 0 Å². The van der Waals surface area contributed by atoms with Crippen molar-refractivity contribution in [3.05, 3.63) is 0 Å². The molecule has 1 aliphatic heterocycles. The molecule has 0 aromatic rings. The lowest BCUT2D eigenvalue weighted by atomic mass is 10.0. The second-order valence-electron chi connectivity index (χ2n) is 3.01. The Bertz CT molecular complexity index is 114. The first-order valence-corrected chi connectivity index (χ1v) is 3.66. The van der Waals surface area contributed by atoms with E-state index in [1.54, 1.807) is 0 Å². The summed E-state index contributed by atoms with van der Waals surface area (Å²) < 4.78 is 0. The average molecular weight is 141 g/mol. The Morgan fingerprint density at radius 2 is 1.80 bits per heavy atom. The van der Waals surface area contributed by atoms with E-state index in [9.17, 15) is 0 Å². The van der Waals surface area contributed by atoms with Gasteiger partial charge in [-0.3, -0.25) is 4.99 Å². The zero-order chi connectivity index (χ0) is 7.45. The molecule has 0 spiro atoms. The Morgan fingerprint density at radius 1 is 1.30 bits per heavy atom. The van der Waals surface area contributed by atoms with Crippen molar-refractivity contribution in [2.45, 2.75) is 12.5 Å². The van der Waals surface area contributed by atoms with E-state index in [-0.39, 0.29) is 5.54 Å². The smallest absolute Gasteiger partial charge is 0.0820 e. The topological polar surface area (TPSA) is 36.4 Å². The van der Waals surface area contributed by atoms with Gasteiger partial charge in [0, 0.05) is 26.2 Å². The van der Waals surface area contributed by atoms with Crippen molar-refractivity contribution in [3.8, 4) is 0 Å². The van der Waals surface area contributed by atoms with Gasteiger partial charge in [0.1, 0.15) is 0 Å². The van der Waals surface area contributed by atoms with E-state index in [0.717, 1.165) is 26.2 Å². The van der Waals surface area contributed by atoms with E-state index in [1.807, 2.05) is 0 Å². The molecule has 10 heavy (non-hydrogen) atoms. The summed E-state index contributed by atoms with van der Waals surface area (Å²) in [6.45, 7) is 9.60. The monoisotopic (exact) mass is 141 g/mol. The van der Waals surface area contributed by atoms with Crippen molar-refractivity contribution >= 4 is 6.72 Å². The maximum atomic E-state index is 4.06. The van der Waals surface area contributed by atoms with Crippen LogP contribution in [0.5, 0.6) is 0 Å². The predicted molar refractivity (Wildman–Crippen MR) is 43.7 cm³/mol. The molecule has 0 aromatic carbocycles. The van der Waals surface area contributed by atoms with Gasteiger partial charge in [0.2, 0.25) is 0 Å². The minimum Gasteiger partial charge on any atom is -0.313 e. The van der Waals surface area contributed by atoms with Crippen LogP contribution < -0.4 is 10.6 Å². The van der Waals surface area contributed by atoms with Crippen molar-refractivity contribution in [2.24, 2.45) is 4.99 Å². The Balaban J connectivity index is 2.48. The fraction of sp³-hybridized carbons (Fsp3) is 0.857. The molecule has 58 valence electrons. The Labute approximate surface area is 61.9 Å². The van der Waals surface area contributed by atoms with Crippen LogP contribution in [0.4, 0.5) is 0 Å². The third kappa shape index (κ3) is 1.78. The first kappa shape index (κ1) is 7.69. The lowest BCUT2D eigenvalue weighted by Gasteiger charge is -2.21. The zero-order valence-electron chi connectivity index (χ0n) is 6.48. The average Bonchev–Trinajstić information content (AvgIpc) is 2.15. The van der Waals surface area contributed by atoms with Crippen LogP contribution in [0.15, 0.2) is 4.99 Å². The summed E-state index contributed by atoms with van der Waals surface area (Å²) in [6, 6.07) is 0. The third-order valence-corrected chi connectivity index (χ3v) is 1.87. The summed E-state index contributed by atoms with van der Waals surface area (Å²) in [5.41, 5.74) is -0.00347. The van der Waals surface area contributed by atoms with E-state index in [0.29, 0.717) is 0 Å². The highest BCUT2D eigenvalue weighted by molar-refractivity contribution is 5.26. The summed E-state index contributed by atoms with van der Waals surface area (Å²) in [6.07, 6.45) is 0. The van der Waals surface area contributed by atoms with Gasteiger partial charge in [-0.1, -0.05) is 0 Å². The highest BCUT2D eigenvalue weighted by atomic mass is 15.1. The van der Waals surface area contributed by atoms with Gasteiger partial charge in [0.25, 0.3) is 0 Å². The van der Waals surface area contributed by atoms with Crippen LogP contribution in [-0.2, 0) is 0 Å². The van der Waals surface area contributed by atoms with Crippen molar-refractivity contribution in [1.82, 2.24) is 10.6 Å². The molecule has 1 heterocycles. The normalized spacial score (nSPS) is 25.3. The van der Waals surface area contributed by atoms with E-state index >= 15 is 0 Å². The van der Waals surface area contributed by atoms with Gasteiger partial charge in [-0.15, -0.1) is 0 Å². The van der Waals surface area contributed by atoms with Crippen LogP contribution in [0.3, 0.4) is 0 Å². The summed E-state index contributed by atoms with van der Waals surface area (Å²) in [7, 11) is 0. The largest absolute Gasteiger partial charge is 0.313 e. The Morgan fingerprint density at radius 3 is 2.20 bits per heavy atom. The second-order valence-corrected chi connectivity index (χ2v) is 3.01. The molecule has 0 radical (unpaired) electrons. The lowest BCUT2D eigenvalue weighted by molar-refractivity contribution is 0.454. The molecule has 1 aliphatic rings. The molecule has 2 N–H and O–H groups in total. The molecule has 0 atom stereocenters. The minimum atomic E-state index is -0.00347. The summed E-state index contributed by atoms with van der Waals surface area (Å²) >= 11 is 0. The Hall–Kier alpha value is -0.410. The molecule has 1 fully saturated rings. The number of aliphatic imine (C=N–C) groups is 1. The van der Waals surface area contributed by atoms with Crippen LogP contribution in [0, 0.1) is 0 Å². The summed E-state index contributed by atoms with van der Waals surface area (Å²) in [5, 5.41) is 6.58. The predicted octanol–water partition coefficient (Wildman–Crippen LogP) is -0.361. The number of hydrogen-bond donors (Lipinski definition) is 2. The van der Waals surface area contributed by atoms with Crippen LogP contribution in [0.2, 0.25) is 0 Å². The number of rotatable bonds is 1. The Kier molecular flexibility index (Phi) is 2.40. The SMILES string of the molecule is C=NC1(C)CNCCNC1. The summed E-state index contributed by atoms with van der Waals surface area (Å²) in [5.74, 6) is 0. The molecule has 0 amide bonds. The molecular formula is C7H15N3. The van der Waals surface area contributed by atoms with Crippen LogP contribution in [0.25, 0.3) is 0 Å². The van der Waals surface area contributed by atoms with E-state index in [4.69, 9.17) is 0 Å². The highest BCUT2D eigenvalue weighted by Crippen LogP contribution is 2.06. The van der Waals surface area contributed by atoms with Crippen LogP contribution in [-0.4, -0.2) is 38.4 Å². The molecule has 0 saturated carbocycles. The van der Waals surface area contributed by atoms with Gasteiger partial charge < -0.3 is 10.6 Å². The van der Waals surface area contributed by atoms with Crippen LogP contribution >= 0.6 is 0 Å². The van der Waals surface area contributed by atoms with E-state index in [2.05, 4.69) is 29.3 Å². The van der Waals surface area contributed by atoms with Crippen molar-refractivity contribution < 1.29 is 0 Å². The van der Waals surface area contributed by atoms with Gasteiger partial charge in [0.15, 0.2) is 0 Å². The molecule has 3 heteroatoms. The molecule has 0 aliphatic carbocycles. The molecule has 0 unspecified atom stereocenters. The van der Waals surface area contributed by atoms with Gasteiger partial charge in [-0.2, -0.15) is 0 Å². The minimum absolute atomic E-state index is 0.00347. The first-order valence-electron chi connectivity index (χ1n) is 3.66. The standard InChI is InChI=1S/C7H15N3/c1-7(8-2)5-9-3-4-10-6-7/h9-10H,2-6H2,1H3. The zero-order valence-corrected chi connectivity index (χ0v) is 6.48. The maximum Gasteiger partial charge on any atom is 0.0820 e. The highest BCUT2D eigenvalue weighted by Gasteiger charge is 2.22. The van der Waals surface area contributed by atoms with Crippen LogP contribution in [0.1, 0.15) is 6.92 Å². The molecule has 1 rings (SSSR count). The van der Waals surface area contributed by atoms with Gasteiger partial charge in [-0.25, -0.2) is 0 Å². The summed E-state index contributed by atoms with van der Waals surface area (Å²) in [4.78, 5) is 4.06. The van der Waals surface area contributed by atoms with E-state index in [1.165, 1.54) is 0 Å². The van der Waals surface area contributed by atoms with Gasteiger partial charge >= 0.3 is 0 Å². The third-order valence-electron chi connectivity index (χ3n) is 1.87. The second kappa shape index (κ2) is 3.12. The molecular weight excluding hydrogens is 126 g/mol. The molecule has 0 aromatic heterocycles. The number of hydrogen-bond acceptors (Lipinski definition) is 3. The molecule has 1 saturated heterocycles. The molecule has 0 bridgehead atoms. The molecule has 3 nitrogen and oxygen atoms in total. The van der Waals surface area contributed by atoms with Crippen molar-refractivity contribution in [1.29, 1.82) is 0 Å². The fourth-order valence-corrected chi connectivity index (χ4v) is 1.07. The van der Waals surface area contributed by atoms with Gasteiger partial charge in [0.05, 0.1) is 5.54 Å². The first-order chi connectivity index (χ1) is 4.77. The van der Waals surface area contributed by atoms with Gasteiger partial charge in [-0.05, 0) is 13.6 Å². The number of nitrogens with zero attached hydrogens (tertiary/aromatic N) is 1. The van der Waals surface area contributed by atoms with Crippen molar-refractivity contribution in [2.75, 3.05) is 26.2 Å². The number of nitrogens with one attached hydrogen (secondary N) is 2. The quantitative estimate of drug-likeness (QED) is 0.489. The fourth-order valence-electron chi connectivity index (χ4n) is 1.07. The lowest BCUT2D eigenvalue weighted by Crippen LogP contribution is -2.39. The maximum absolute atomic E-state index is 4.06. The van der Waals surface area contributed by atoms with E-state index < -0.39 is 0 Å².